The molecule has 6 heteroatoms. The van der Waals surface area contributed by atoms with E-state index < -0.39 is 0 Å². The molecular weight excluding hydrogens is 354 g/mol. The first kappa shape index (κ1) is 19.6. The molecule has 0 saturated carbocycles. The Hall–Kier alpha value is -1.66. The molecule has 1 aromatic heterocycles. The van der Waals surface area contributed by atoms with Crippen LogP contribution in [0.2, 0.25) is 0 Å². The van der Waals surface area contributed by atoms with Gasteiger partial charge in [-0.15, -0.1) is 0 Å². The van der Waals surface area contributed by atoms with Crippen molar-refractivity contribution in [2.24, 2.45) is 11.8 Å². The number of pyridine rings is 1. The minimum atomic E-state index is -0.181. The predicted octanol–water partition coefficient (Wildman–Crippen LogP) is 2.10. The number of hydrogen-bond donors (Lipinski definition) is 0. The molecule has 0 spiro atoms. The molecule has 28 heavy (non-hydrogen) atoms. The minimum absolute atomic E-state index is 0.112. The summed E-state index contributed by atoms with van der Waals surface area (Å²) < 4.78 is 7.64. The van der Waals surface area contributed by atoms with Gasteiger partial charge in [0.15, 0.2) is 0 Å². The van der Waals surface area contributed by atoms with Crippen LogP contribution in [0.15, 0.2) is 23.0 Å². The lowest BCUT2D eigenvalue weighted by Crippen LogP contribution is -2.58. The predicted molar refractivity (Wildman–Crippen MR) is 108 cm³/mol. The summed E-state index contributed by atoms with van der Waals surface area (Å²) in [7, 11) is 2.01. The zero-order chi connectivity index (χ0) is 19.8. The lowest BCUT2D eigenvalue weighted by atomic mass is 9.76. The van der Waals surface area contributed by atoms with Crippen molar-refractivity contribution in [3.05, 3.63) is 34.2 Å². The summed E-state index contributed by atoms with van der Waals surface area (Å²) in [4.78, 5) is 30.2. The standard InChI is InChI=1S/C22H33N3O3/c1-15(2)7-8-19-17-11-16(18-5-4-6-21(26)25(18)19)12-24(13-17)22(27)20-14-28-10-9-23(20)3/h4-6,15-17,19-20H,7-14H2,1-3H3/t16-,17+,19+,20+/m1/s1. The maximum atomic E-state index is 13.3. The van der Waals surface area contributed by atoms with E-state index in [1.807, 2.05) is 13.1 Å². The first-order valence-electron chi connectivity index (χ1n) is 10.7. The van der Waals surface area contributed by atoms with Crippen molar-refractivity contribution in [2.45, 2.75) is 51.1 Å². The van der Waals surface area contributed by atoms with Crippen molar-refractivity contribution in [2.75, 3.05) is 39.9 Å². The van der Waals surface area contributed by atoms with Crippen LogP contribution >= 0.6 is 0 Å². The Kier molecular flexibility index (Phi) is 5.61. The third kappa shape index (κ3) is 3.64. The fraction of sp³-hybridized carbons (Fsp3) is 0.727. The molecule has 3 aliphatic rings. The summed E-state index contributed by atoms with van der Waals surface area (Å²) in [5.41, 5.74) is 1.23. The van der Waals surface area contributed by atoms with E-state index in [1.165, 1.54) is 0 Å². The van der Waals surface area contributed by atoms with Gasteiger partial charge in [-0.2, -0.15) is 0 Å². The summed E-state index contributed by atoms with van der Waals surface area (Å²) in [6, 6.07) is 5.66. The van der Waals surface area contributed by atoms with Crippen molar-refractivity contribution < 1.29 is 9.53 Å². The number of amides is 1. The van der Waals surface area contributed by atoms with Crippen LogP contribution in [-0.4, -0.2) is 66.2 Å². The highest BCUT2D eigenvalue weighted by molar-refractivity contribution is 5.82. The zero-order valence-electron chi connectivity index (χ0n) is 17.3. The second-order valence-corrected chi connectivity index (χ2v) is 9.20. The van der Waals surface area contributed by atoms with E-state index >= 15 is 0 Å². The van der Waals surface area contributed by atoms with Gasteiger partial charge < -0.3 is 14.2 Å². The molecule has 0 unspecified atom stereocenters. The molecule has 4 heterocycles. The highest BCUT2D eigenvalue weighted by atomic mass is 16.5. The average molecular weight is 388 g/mol. The highest BCUT2D eigenvalue weighted by Crippen LogP contribution is 2.43. The number of piperidine rings is 1. The van der Waals surface area contributed by atoms with Crippen LogP contribution in [0.5, 0.6) is 0 Å². The number of likely N-dealkylation sites (tertiary alicyclic amines) is 1. The molecule has 154 valence electrons. The number of morpholine rings is 1. The van der Waals surface area contributed by atoms with Gasteiger partial charge in [-0.25, -0.2) is 0 Å². The molecule has 0 aromatic carbocycles. The first-order chi connectivity index (χ1) is 13.5. The maximum Gasteiger partial charge on any atom is 0.250 e. The van der Waals surface area contributed by atoms with E-state index in [1.54, 1.807) is 6.07 Å². The van der Waals surface area contributed by atoms with Gasteiger partial charge in [-0.1, -0.05) is 19.9 Å². The van der Waals surface area contributed by atoms with Crippen LogP contribution in [0.3, 0.4) is 0 Å². The van der Waals surface area contributed by atoms with Gasteiger partial charge in [0, 0.05) is 43.4 Å². The number of likely N-dealkylation sites (N-methyl/N-ethyl adjacent to an activating group) is 1. The molecule has 3 aliphatic heterocycles. The second kappa shape index (κ2) is 7.99. The number of nitrogens with zero attached hydrogens (tertiary/aromatic N) is 3. The molecule has 2 saturated heterocycles. The third-order valence-electron chi connectivity index (χ3n) is 6.83. The SMILES string of the molecule is CC(C)CC[C@H]1[C@H]2C[C@H](CN(C(=O)[C@@H]3COCCN3C)C2)c2cccc(=O)n21. The summed E-state index contributed by atoms with van der Waals surface area (Å²) in [6.07, 6.45) is 3.17. The van der Waals surface area contributed by atoms with E-state index in [4.69, 9.17) is 4.74 Å². The van der Waals surface area contributed by atoms with Crippen LogP contribution in [0.4, 0.5) is 0 Å². The summed E-state index contributed by atoms with van der Waals surface area (Å²) in [6.45, 7) is 7.90. The van der Waals surface area contributed by atoms with Crippen molar-refractivity contribution >= 4 is 5.91 Å². The zero-order valence-corrected chi connectivity index (χ0v) is 17.3. The van der Waals surface area contributed by atoms with Gasteiger partial charge in [0.2, 0.25) is 5.91 Å². The van der Waals surface area contributed by atoms with E-state index in [0.717, 1.165) is 38.0 Å². The molecule has 0 radical (unpaired) electrons. The molecule has 2 fully saturated rings. The number of rotatable bonds is 4. The van der Waals surface area contributed by atoms with Gasteiger partial charge in [0.05, 0.1) is 13.2 Å². The van der Waals surface area contributed by atoms with Crippen molar-refractivity contribution in [1.29, 1.82) is 0 Å². The number of aromatic nitrogens is 1. The second-order valence-electron chi connectivity index (χ2n) is 9.20. The lowest BCUT2D eigenvalue weighted by molar-refractivity contribution is -0.145. The molecule has 6 nitrogen and oxygen atoms in total. The average Bonchev–Trinajstić information content (AvgIpc) is 2.68. The Morgan fingerprint density at radius 2 is 2.11 bits per heavy atom. The monoisotopic (exact) mass is 387 g/mol. The largest absolute Gasteiger partial charge is 0.378 e. The Labute approximate surface area is 167 Å². The number of carbonyl (C=O) groups is 1. The van der Waals surface area contributed by atoms with Crippen molar-refractivity contribution in [1.82, 2.24) is 14.4 Å². The summed E-state index contributed by atoms with van der Waals surface area (Å²) in [5.74, 6) is 1.40. The number of fused-ring (bicyclic) bond motifs is 4. The van der Waals surface area contributed by atoms with Crippen LogP contribution in [0.25, 0.3) is 0 Å². The quantitative estimate of drug-likeness (QED) is 0.794. The molecule has 4 rings (SSSR count). The first-order valence-corrected chi connectivity index (χ1v) is 10.7. The van der Waals surface area contributed by atoms with Gasteiger partial charge in [0.25, 0.3) is 5.56 Å². The van der Waals surface area contributed by atoms with Crippen LogP contribution in [0, 0.1) is 11.8 Å². The van der Waals surface area contributed by atoms with Gasteiger partial charge in [0.1, 0.15) is 6.04 Å². The molecule has 1 amide bonds. The summed E-state index contributed by atoms with van der Waals surface area (Å²) in [5, 5.41) is 0. The third-order valence-corrected chi connectivity index (χ3v) is 6.83. The van der Waals surface area contributed by atoms with Crippen LogP contribution < -0.4 is 5.56 Å². The Morgan fingerprint density at radius 3 is 2.86 bits per heavy atom. The molecule has 1 aromatic rings. The molecular formula is C22H33N3O3. The maximum absolute atomic E-state index is 13.3. The van der Waals surface area contributed by atoms with Crippen molar-refractivity contribution in [3.8, 4) is 0 Å². The summed E-state index contributed by atoms with van der Waals surface area (Å²) >= 11 is 0. The number of ether oxygens (including phenoxy) is 1. The lowest BCUT2D eigenvalue weighted by Gasteiger charge is -2.48. The fourth-order valence-corrected chi connectivity index (χ4v) is 5.25. The Balaban J connectivity index is 1.61. The Morgan fingerprint density at radius 1 is 1.29 bits per heavy atom. The molecule has 4 atom stereocenters. The molecule has 2 bridgehead atoms. The molecule has 0 N–H and O–H groups in total. The fourth-order valence-electron chi connectivity index (χ4n) is 5.25. The van der Waals surface area contributed by atoms with Crippen LogP contribution in [-0.2, 0) is 9.53 Å². The van der Waals surface area contributed by atoms with E-state index in [9.17, 15) is 9.59 Å². The van der Waals surface area contributed by atoms with E-state index in [-0.39, 0.29) is 29.5 Å². The van der Waals surface area contributed by atoms with Crippen LogP contribution in [0.1, 0.15) is 50.8 Å². The Bertz CT molecular complexity index is 775. The van der Waals surface area contributed by atoms with Crippen molar-refractivity contribution in [3.63, 3.8) is 0 Å². The van der Waals surface area contributed by atoms with Gasteiger partial charge >= 0.3 is 0 Å². The highest BCUT2D eigenvalue weighted by Gasteiger charge is 2.43. The molecule has 0 aliphatic carbocycles. The van der Waals surface area contributed by atoms with Gasteiger partial charge in [-0.3, -0.25) is 14.5 Å². The number of hydrogen-bond acceptors (Lipinski definition) is 4. The smallest absolute Gasteiger partial charge is 0.250 e. The van der Waals surface area contributed by atoms with E-state index in [0.29, 0.717) is 31.6 Å². The number of carbonyl (C=O) groups excluding carboxylic acids is 1. The minimum Gasteiger partial charge on any atom is -0.378 e. The topological polar surface area (TPSA) is 54.8 Å². The van der Waals surface area contributed by atoms with E-state index in [2.05, 4.69) is 34.3 Å². The normalized spacial score (nSPS) is 30.4. The van der Waals surface area contributed by atoms with Gasteiger partial charge in [-0.05, 0) is 44.2 Å².